The van der Waals surface area contributed by atoms with Crippen molar-refractivity contribution in [2.75, 3.05) is 10.6 Å². The van der Waals surface area contributed by atoms with E-state index in [1.807, 2.05) is 13.0 Å². The highest BCUT2D eigenvalue weighted by molar-refractivity contribution is 5.57. The number of nitrogens with one attached hydrogen (secondary N) is 2. The number of nitrogens with zero attached hydrogens (tertiary/aromatic N) is 2. The molecule has 0 atom stereocenters. The van der Waals surface area contributed by atoms with E-state index in [0.29, 0.717) is 18.3 Å². The maximum Gasteiger partial charge on any atom is 0.225 e. The topological polar surface area (TPSA) is 49.8 Å². The minimum atomic E-state index is -0.264. The van der Waals surface area contributed by atoms with Crippen molar-refractivity contribution in [3.8, 4) is 0 Å². The summed E-state index contributed by atoms with van der Waals surface area (Å²) in [5, 5.41) is 6.39. The molecule has 0 unspecified atom stereocenters. The average molecular weight is 322 g/mol. The number of anilines is 3. The lowest BCUT2D eigenvalue weighted by Crippen LogP contribution is -2.06. The molecule has 0 aliphatic rings. The van der Waals surface area contributed by atoms with Gasteiger partial charge in [0.15, 0.2) is 0 Å². The first kappa shape index (κ1) is 15.9. The molecule has 0 radical (unpaired) electrons. The second kappa shape index (κ2) is 7.08. The smallest absolute Gasteiger partial charge is 0.225 e. The van der Waals surface area contributed by atoms with Crippen LogP contribution in [0.1, 0.15) is 16.8 Å². The fourth-order valence-corrected chi connectivity index (χ4v) is 2.28. The van der Waals surface area contributed by atoms with Crippen LogP contribution < -0.4 is 10.6 Å². The minimum Gasteiger partial charge on any atom is -0.350 e. The van der Waals surface area contributed by atoms with Crippen LogP contribution in [0, 0.1) is 19.7 Å². The van der Waals surface area contributed by atoms with E-state index < -0.39 is 0 Å². The van der Waals surface area contributed by atoms with E-state index >= 15 is 0 Å². The molecule has 122 valence electrons. The van der Waals surface area contributed by atoms with Gasteiger partial charge in [-0.2, -0.15) is 4.98 Å². The van der Waals surface area contributed by atoms with Crippen molar-refractivity contribution in [1.29, 1.82) is 0 Å². The number of aryl methyl sites for hydroxylation is 2. The monoisotopic (exact) mass is 322 g/mol. The highest BCUT2D eigenvalue weighted by Gasteiger charge is 2.03. The third-order valence-corrected chi connectivity index (χ3v) is 3.54. The van der Waals surface area contributed by atoms with Gasteiger partial charge < -0.3 is 10.6 Å². The van der Waals surface area contributed by atoms with E-state index in [1.165, 1.54) is 23.3 Å². The van der Waals surface area contributed by atoms with Crippen molar-refractivity contribution in [3.63, 3.8) is 0 Å². The second-order valence-corrected chi connectivity index (χ2v) is 5.69. The number of aromatic nitrogens is 2. The fourth-order valence-electron chi connectivity index (χ4n) is 2.28. The van der Waals surface area contributed by atoms with Crippen LogP contribution in [0.2, 0.25) is 0 Å². The molecule has 2 N–H and O–H groups in total. The zero-order chi connectivity index (χ0) is 16.9. The van der Waals surface area contributed by atoms with Crippen LogP contribution in [0.25, 0.3) is 0 Å². The van der Waals surface area contributed by atoms with Crippen LogP contribution >= 0.6 is 0 Å². The molecule has 4 nitrogen and oxygen atoms in total. The molecule has 0 amide bonds. The molecule has 0 saturated carbocycles. The Kier molecular flexibility index (Phi) is 4.70. The third-order valence-electron chi connectivity index (χ3n) is 3.54. The van der Waals surface area contributed by atoms with E-state index in [9.17, 15) is 4.39 Å². The first-order valence-electron chi connectivity index (χ1n) is 7.76. The van der Waals surface area contributed by atoms with E-state index in [0.717, 1.165) is 11.4 Å². The van der Waals surface area contributed by atoms with Crippen molar-refractivity contribution in [3.05, 3.63) is 77.2 Å². The van der Waals surface area contributed by atoms with Crippen LogP contribution in [0.5, 0.6) is 0 Å². The predicted molar refractivity (Wildman–Crippen MR) is 95.0 cm³/mol. The van der Waals surface area contributed by atoms with Crippen molar-refractivity contribution < 1.29 is 4.39 Å². The molecule has 5 heteroatoms. The molecule has 0 bridgehead atoms. The average Bonchev–Trinajstić information content (AvgIpc) is 2.56. The zero-order valence-electron chi connectivity index (χ0n) is 13.7. The molecule has 3 rings (SSSR count). The molecule has 0 spiro atoms. The molecule has 24 heavy (non-hydrogen) atoms. The lowest BCUT2D eigenvalue weighted by molar-refractivity contribution is 0.628. The zero-order valence-corrected chi connectivity index (χ0v) is 13.7. The molecule has 1 heterocycles. The lowest BCUT2D eigenvalue weighted by Gasteiger charge is -2.10. The molecule has 2 aromatic carbocycles. The van der Waals surface area contributed by atoms with Gasteiger partial charge in [-0.3, -0.25) is 0 Å². The Bertz CT molecular complexity index is 814. The first-order chi connectivity index (χ1) is 11.6. The van der Waals surface area contributed by atoms with Crippen LogP contribution in [0.3, 0.4) is 0 Å². The Morgan fingerprint density at radius 3 is 2.33 bits per heavy atom. The largest absolute Gasteiger partial charge is 0.350 e. The van der Waals surface area contributed by atoms with Crippen molar-refractivity contribution >= 4 is 17.5 Å². The Hall–Kier alpha value is -2.95. The maximum atomic E-state index is 13.0. The Labute approximate surface area is 140 Å². The molecule has 0 saturated heterocycles. The molecule has 0 fully saturated rings. The van der Waals surface area contributed by atoms with E-state index in [4.69, 9.17) is 0 Å². The summed E-state index contributed by atoms with van der Waals surface area (Å²) in [5.74, 6) is 0.959. The van der Waals surface area contributed by atoms with Crippen LogP contribution in [-0.4, -0.2) is 9.97 Å². The van der Waals surface area contributed by atoms with Crippen LogP contribution in [0.15, 0.2) is 54.6 Å². The lowest BCUT2D eigenvalue weighted by atomic mass is 10.1. The molecule has 1 aromatic heterocycles. The van der Waals surface area contributed by atoms with Crippen molar-refractivity contribution in [2.24, 2.45) is 0 Å². The summed E-state index contributed by atoms with van der Waals surface area (Å²) >= 11 is 0. The highest BCUT2D eigenvalue weighted by Crippen LogP contribution is 2.17. The number of hydrogen-bond acceptors (Lipinski definition) is 4. The van der Waals surface area contributed by atoms with Gasteiger partial charge in [0.1, 0.15) is 11.6 Å². The quantitative estimate of drug-likeness (QED) is 0.721. The van der Waals surface area contributed by atoms with E-state index in [2.05, 4.69) is 51.8 Å². The van der Waals surface area contributed by atoms with Gasteiger partial charge in [0, 0.05) is 24.0 Å². The highest BCUT2D eigenvalue weighted by atomic mass is 19.1. The summed E-state index contributed by atoms with van der Waals surface area (Å²) in [6.07, 6.45) is 0. The Balaban J connectivity index is 1.71. The molecule has 0 aliphatic carbocycles. The van der Waals surface area contributed by atoms with Gasteiger partial charge in [-0.1, -0.05) is 29.8 Å². The number of benzene rings is 2. The minimum absolute atomic E-state index is 0.264. The summed E-state index contributed by atoms with van der Waals surface area (Å²) in [7, 11) is 0. The molecular weight excluding hydrogens is 303 g/mol. The van der Waals surface area contributed by atoms with E-state index in [-0.39, 0.29) is 5.82 Å². The van der Waals surface area contributed by atoms with Gasteiger partial charge >= 0.3 is 0 Å². The summed E-state index contributed by atoms with van der Waals surface area (Å²) in [5.41, 5.74) is 4.02. The van der Waals surface area contributed by atoms with Crippen LogP contribution in [0.4, 0.5) is 21.8 Å². The summed E-state index contributed by atoms with van der Waals surface area (Å²) in [4.78, 5) is 8.86. The van der Waals surface area contributed by atoms with Gasteiger partial charge in [-0.25, -0.2) is 9.37 Å². The standard InChI is InChI=1S/C19H19FN4/c1-13-3-5-15(6-4-13)12-21-19-22-14(2)11-18(24-19)23-17-9-7-16(20)8-10-17/h3-11H,12H2,1-2H3,(H2,21,22,23,24). The van der Waals surface area contributed by atoms with Gasteiger partial charge in [-0.05, 0) is 43.7 Å². The van der Waals surface area contributed by atoms with Crippen LogP contribution in [-0.2, 0) is 6.54 Å². The SMILES string of the molecule is Cc1ccc(CNc2nc(C)cc(Nc3ccc(F)cc3)n2)cc1. The fraction of sp³-hybridized carbons (Fsp3) is 0.158. The first-order valence-corrected chi connectivity index (χ1v) is 7.76. The van der Waals surface area contributed by atoms with Gasteiger partial charge in [0.25, 0.3) is 0 Å². The number of hydrogen-bond donors (Lipinski definition) is 2. The van der Waals surface area contributed by atoms with Gasteiger partial charge in [0.05, 0.1) is 0 Å². The molecule has 0 aliphatic heterocycles. The molecular formula is C19H19FN4. The van der Waals surface area contributed by atoms with Gasteiger partial charge in [-0.15, -0.1) is 0 Å². The van der Waals surface area contributed by atoms with Crippen molar-refractivity contribution in [1.82, 2.24) is 9.97 Å². The summed E-state index contributed by atoms with van der Waals surface area (Å²) in [6.45, 7) is 4.63. The Morgan fingerprint density at radius 1 is 0.917 bits per heavy atom. The molecule has 3 aromatic rings. The van der Waals surface area contributed by atoms with Gasteiger partial charge in [0.2, 0.25) is 5.95 Å². The Morgan fingerprint density at radius 2 is 1.62 bits per heavy atom. The number of halogens is 1. The summed E-state index contributed by atoms with van der Waals surface area (Å²) in [6, 6.07) is 16.3. The normalized spacial score (nSPS) is 10.5. The number of rotatable bonds is 5. The third kappa shape index (κ3) is 4.29. The summed E-state index contributed by atoms with van der Waals surface area (Å²) < 4.78 is 13.0. The van der Waals surface area contributed by atoms with E-state index in [1.54, 1.807) is 12.1 Å². The van der Waals surface area contributed by atoms with Crippen molar-refractivity contribution in [2.45, 2.75) is 20.4 Å². The maximum absolute atomic E-state index is 13.0. The predicted octanol–water partition coefficient (Wildman–Crippen LogP) is 4.59. The second-order valence-electron chi connectivity index (χ2n) is 5.69.